The van der Waals surface area contributed by atoms with E-state index in [9.17, 15) is 9.59 Å². The van der Waals surface area contributed by atoms with Gasteiger partial charge >= 0.3 is 0 Å². The number of ether oxygens (including phenoxy) is 1. The fourth-order valence-corrected chi connectivity index (χ4v) is 3.77. The second kappa shape index (κ2) is 8.42. The van der Waals surface area contributed by atoms with Crippen molar-refractivity contribution in [2.24, 2.45) is 0 Å². The number of benzene rings is 1. The first-order valence-corrected chi connectivity index (χ1v) is 10.1. The summed E-state index contributed by atoms with van der Waals surface area (Å²) in [5.74, 6) is 0.240. The molecule has 27 heavy (non-hydrogen) atoms. The number of hydrogen-bond donors (Lipinski definition) is 0. The summed E-state index contributed by atoms with van der Waals surface area (Å²) in [7, 11) is 0. The van der Waals surface area contributed by atoms with Crippen LogP contribution in [-0.4, -0.2) is 60.5 Å². The number of hydrogen-bond acceptors (Lipinski definition) is 3. The number of carbonyl (C=O) groups excluding carboxylic acids is 2. The lowest BCUT2D eigenvalue weighted by Crippen LogP contribution is -2.42. The molecular formula is C22H32N2O3. The number of carbonyl (C=O) groups is 2. The van der Waals surface area contributed by atoms with Crippen LogP contribution in [0.3, 0.4) is 0 Å². The number of nitrogens with zero attached hydrogens (tertiary/aromatic N) is 2. The van der Waals surface area contributed by atoms with Gasteiger partial charge in [0.1, 0.15) is 6.10 Å². The standard InChI is InChI=1S/C22H32N2O3/c1-22(2,3)18-9-7-17(8-10-18)16-20(25)23-11-5-12-24(14-13-23)21(26)19-6-4-15-27-19/h7-10,19H,4-6,11-16H2,1-3H3. The van der Waals surface area contributed by atoms with E-state index in [1.807, 2.05) is 9.80 Å². The summed E-state index contributed by atoms with van der Waals surface area (Å²) in [5.41, 5.74) is 2.44. The van der Waals surface area contributed by atoms with E-state index in [1.165, 1.54) is 5.56 Å². The van der Waals surface area contributed by atoms with E-state index in [1.54, 1.807) is 0 Å². The maximum absolute atomic E-state index is 12.7. The van der Waals surface area contributed by atoms with Crippen molar-refractivity contribution in [1.82, 2.24) is 9.80 Å². The second-order valence-electron chi connectivity index (χ2n) is 8.68. The van der Waals surface area contributed by atoms with Gasteiger partial charge in [-0.15, -0.1) is 0 Å². The van der Waals surface area contributed by atoms with E-state index in [0.717, 1.165) is 24.8 Å². The summed E-state index contributed by atoms with van der Waals surface area (Å²) in [6.07, 6.45) is 2.76. The molecule has 1 aromatic rings. The Balaban J connectivity index is 1.54. The lowest BCUT2D eigenvalue weighted by Gasteiger charge is -2.24. The van der Waals surface area contributed by atoms with Crippen LogP contribution in [0.5, 0.6) is 0 Å². The number of amides is 2. The van der Waals surface area contributed by atoms with Crippen LogP contribution in [0.25, 0.3) is 0 Å². The van der Waals surface area contributed by atoms with Crippen LogP contribution in [-0.2, 0) is 26.2 Å². The van der Waals surface area contributed by atoms with Crippen molar-refractivity contribution in [2.45, 2.75) is 58.0 Å². The maximum atomic E-state index is 12.7. The molecule has 0 saturated carbocycles. The summed E-state index contributed by atoms with van der Waals surface area (Å²) < 4.78 is 5.52. The van der Waals surface area contributed by atoms with Gasteiger partial charge in [0.15, 0.2) is 0 Å². The monoisotopic (exact) mass is 372 g/mol. The molecule has 2 amide bonds. The molecule has 1 aromatic carbocycles. The molecular weight excluding hydrogens is 340 g/mol. The molecule has 0 aromatic heterocycles. The summed E-state index contributed by atoms with van der Waals surface area (Å²) in [6.45, 7) is 9.89. The van der Waals surface area contributed by atoms with Crippen molar-refractivity contribution >= 4 is 11.8 Å². The molecule has 3 rings (SSSR count). The van der Waals surface area contributed by atoms with Gasteiger partial charge in [0.05, 0.1) is 6.42 Å². The van der Waals surface area contributed by atoms with Gasteiger partial charge in [-0.1, -0.05) is 45.0 Å². The molecule has 2 fully saturated rings. The molecule has 2 saturated heterocycles. The highest BCUT2D eigenvalue weighted by Gasteiger charge is 2.30. The average Bonchev–Trinajstić information content (AvgIpc) is 3.05. The highest BCUT2D eigenvalue weighted by molar-refractivity contribution is 5.82. The zero-order valence-corrected chi connectivity index (χ0v) is 16.9. The normalized spacial score (nSPS) is 21.2. The first-order valence-electron chi connectivity index (χ1n) is 10.1. The van der Waals surface area contributed by atoms with Crippen molar-refractivity contribution in [3.8, 4) is 0 Å². The largest absolute Gasteiger partial charge is 0.368 e. The van der Waals surface area contributed by atoms with Crippen LogP contribution in [0.4, 0.5) is 0 Å². The molecule has 0 radical (unpaired) electrons. The van der Waals surface area contributed by atoms with Gasteiger partial charge in [0.25, 0.3) is 5.91 Å². The van der Waals surface area contributed by atoms with Gasteiger partial charge in [-0.25, -0.2) is 0 Å². The Kier molecular flexibility index (Phi) is 6.20. The Hall–Kier alpha value is -1.88. The third kappa shape index (κ3) is 5.10. The molecule has 5 nitrogen and oxygen atoms in total. The lowest BCUT2D eigenvalue weighted by atomic mass is 9.86. The molecule has 0 aliphatic carbocycles. The first kappa shape index (κ1) is 19.9. The predicted molar refractivity (Wildman–Crippen MR) is 106 cm³/mol. The molecule has 2 heterocycles. The summed E-state index contributed by atoms with van der Waals surface area (Å²) in [4.78, 5) is 29.0. The molecule has 0 bridgehead atoms. The van der Waals surface area contributed by atoms with E-state index < -0.39 is 0 Å². The topological polar surface area (TPSA) is 49.9 Å². The Labute approximate surface area is 162 Å². The Bertz CT molecular complexity index is 657. The molecule has 1 unspecified atom stereocenters. The Morgan fingerprint density at radius 2 is 1.67 bits per heavy atom. The van der Waals surface area contributed by atoms with Crippen LogP contribution >= 0.6 is 0 Å². The molecule has 1 atom stereocenters. The minimum atomic E-state index is -0.270. The van der Waals surface area contributed by atoms with E-state index in [-0.39, 0.29) is 23.3 Å². The van der Waals surface area contributed by atoms with Gasteiger partial charge in [0, 0.05) is 32.8 Å². The number of rotatable bonds is 3. The fraction of sp³-hybridized carbons (Fsp3) is 0.636. The minimum Gasteiger partial charge on any atom is -0.368 e. The average molecular weight is 373 g/mol. The lowest BCUT2D eigenvalue weighted by molar-refractivity contribution is -0.141. The van der Waals surface area contributed by atoms with Crippen LogP contribution in [0.2, 0.25) is 0 Å². The summed E-state index contributed by atoms with van der Waals surface area (Å²) in [6, 6.07) is 8.35. The molecule has 5 heteroatoms. The highest BCUT2D eigenvalue weighted by Crippen LogP contribution is 2.22. The van der Waals surface area contributed by atoms with Crippen molar-refractivity contribution in [2.75, 3.05) is 32.8 Å². The first-order chi connectivity index (χ1) is 12.8. The molecule has 0 N–H and O–H groups in total. The smallest absolute Gasteiger partial charge is 0.251 e. The van der Waals surface area contributed by atoms with Gasteiger partial charge in [-0.05, 0) is 35.8 Å². The predicted octanol–water partition coefficient (Wildman–Crippen LogP) is 2.77. The van der Waals surface area contributed by atoms with E-state index in [2.05, 4.69) is 45.0 Å². The van der Waals surface area contributed by atoms with E-state index in [4.69, 9.17) is 4.74 Å². The third-order valence-electron chi connectivity index (χ3n) is 5.54. The van der Waals surface area contributed by atoms with Crippen molar-refractivity contribution in [1.29, 1.82) is 0 Å². The van der Waals surface area contributed by atoms with Gasteiger partial charge < -0.3 is 14.5 Å². The zero-order chi connectivity index (χ0) is 19.4. The van der Waals surface area contributed by atoms with Crippen LogP contribution in [0, 0.1) is 0 Å². The maximum Gasteiger partial charge on any atom is 0.251 e. The van der Waals surface area contributed by atoms with E-state index >= 15 is 0 Å². The highest BCUT2D eigenvalue weighted by atomic mass is 16.5. The quantitative estimate of drug-likeness (QED) is 0.820. The van der Waals surface area contributed by atoms with Crippen LogP contribution in [0.1, 0.15) is 51.2 Å². The van der Waals surface area contributed by atoms with Crippen molar-refractivity contribution in [3.63, 3.8) is 0 Å². The summed E-state index contributed by atoms with van der Waals surface area (Å²) >= 11 is 0. The Morgan fingerprint density at radius 1 is 1.00 bits per heavy atom. The van der Waals surface area contributed by atoms with Gasteiger partial charge in [-0.3, -0.25) is 9.59 Å². The van der Waals surface area contributed by atoms with Crippen LogP contribution in [0.15, 0.2) is 24.3 Å². The van der Waals surface area contributed by atoms with Gasteiger partial charge in [0.2, 0.25) is 5.91 Å². The Morgan fingerprint density at radius 3 is 2.30 bits per heavy atom. The molecule has 148 valence electrons. The minimum absolute atomic E-state index is 0.0968. The summed E-state index contributed by atoms with van der Waals surface area (Å²) in [5, 5.41) is 0. The molecule has 2 aliphatic heterocycles. The van der Waals surface area contributed by atoms with Crippen LogP contribution < -0.4 is 0 Å². The van der Waals surface area contributed by atoms with Crippen molar-refractivity contribution < 1.29 is 14.3 Å². The SMILES string of the molecule is CC(C)(C)c1ccc(CC(=O)N2CCCN(C(=O)C3CCCO3)CC2)cc1. The van der Waals surface area contributed by atoms with Gasteiger partial charge in [-0.2, -0.15) is 0 Å². The molecule has 0 spiro atoms. The van der Waals surface area contributed by atoms with E-state index in [0.29, 0.717) is 39.2 Å². The van der Waals surface area contributed by atoms with Crippen molar-refractivity contribution in [3.05, 3.63) is 35.4 Å². The molecule has 2 aliphatic rings. The second-order valence-corrected chi connectivity index (χ2v) is 8.68. The third-order valence-corrected chi connectivity index (χ3v) is 5.54. The zero-order valence-electron chi connectivity index (χ0n) is 16.9. The fourth-order valence-electron chi connectivity index (χ4n) is 3.77.